The number of nitrogens with one attached hydrogen (secondary N) is 2. The summed E-state index contributed by atoms with van der Waals surface area (Å²) in [4.78, 5) is 3.41. The van der Waals surface area contributed by atoms with Gasteiger partial charge in [-0.2, -0.15) is 0 Å². The summed E-state index contributed by atoms with van der Waals surface area (Å²) >= 11 is 0. The van der Waals surface area contributed by atoms with E-state index in [1.54, 1.807) is 6.07 Å². The Kier molecular flexibility index (Phi) is 3.15. The molecule has 1 aromatic carbocycles. The lowest BCUT2D eigenvalue weighted by Gasteiger charge is -2.02. The molecule has 0 unspecified atom stereocenters. The molecule has 16 heavy (non-hydrogen) atoms. The van der Waals surface area contributed by atoms with Crippen LogP contribution in [-0.2, 0) is 12.8 Å². The number of aromatic nitrogens is 1. The minimum atomic E-state index is 0.333. The maximum atomic E-state index is 9.53. The Labute approximate surface area is 95.5 Å². The average molecular weight is 218 g/mol. The Balaban J connectivity index is 2.52. The van der Waals surface area contributed by atoms with E-state index in [4.69, 9.17) is 0 Å². The molecular formula is C13H18N2O. The zero-order valence-corrected chi connectivity index (χ0v) is 9.80. The van der Waals surface area contributed by atoms with Crippen LogP contribution in [0.3, 0.4) is 0 Å². The fraction of sp³-hybridized carbons (Fsp3) is 0.385. The third-order valence-corrected chi connectivity index (χ3v) is 2.96. The Hall–Kier alpha value is -1.48. The molecule has 1 heterocycles. The first-order valence-corrected chi connectivity index (χ1v) is 5.73. The number of phenolic OH excluding ortho intramolecular Hbond substituents is 1. The van der Waals surface area contributed by atoms with Crippen molar-refractivity contribution in [3.05, 3.63) is 29.5 Å². The van der Waals surface area contributed by atoms with Gasteiger partial charge in [-0.15, -0.1) is 0 Å². The first-order chi connectivity index (χ1) is 7.76. The lowest BCUT2D eigenvalue weighted by molar-refractivity contribution is 0.476. The van der Waals surface area contributed by atoms with E-state index < -0.39 is 0 Å². The van der Waals surface area contributed by atoms with Gasteiger partial charge in [0.1, 0.15) is 5.75 Å². The molecule has 2 aromatic rings. The standard InChI is InChI=1S/C13H18N2O/c1-3-12-10(6-7-14-2)11-8-9(16)4-5-13(11)15-12/h4-5,8,14-16H,3,6-7H2,1-2H3. The van der Waals surface area contributed by atoms with Gasteiger partial charge in [-0.3, -0.25) is 0 Å². The summed E-state index contributed by atoms with van der Waals surface area (Å²) in [5, 5.41) is 13.8. The molecular weight excluding hydrogens is 200 g/mol. The van der Waals surface area contributed by atoms with Crippen molar-refractivity contribution < 1.29 is 5.11 Å². The molecule has 0 saturated heterocycles. The van der Waals surface area contributed by atoms with Crippen LogP contribution in [0, 0.1) is 0 Å². The summed E-state index contributed by atoms with van der Waals surface area (Å²) in [5.41, 5.74) is 3.71. The highest BCUT2D eigenvalue weighted by atomic mass is 16.3. The molecule has 86 valence electrons. The van der Waals surface area contributed by atoms with Gasteiger partial charge >= 0.3 is 0 Å². The number of aromatic amines is 1. The number of benzene rings is 1. The lowest BCUT2D eigenvalue weighted by atomic mass is 10.1. The number of hydrogen-bond acceptors (Lipinski definition) is 2. The van der Waals surface area contributed by atoms with Gasteiger partial charge in [-0.1, -0.05) is 6.92 Å². The van der Waals surface area contributed by atoms with Crippen LogP contribution in [-0.4, -0.2) is 23.7 Å². The topological polar surface area (TPSA) is 48.0 Å². The van der Waals surface area contributed by atoms with E-state index in [1.165, 1.54) is 11.3 Å². The number of H-pyrrole nitrogens is 1. The second-order valence-corrected chi connectivity index (χ2v) is 4.02. The average Bonchev–Trinajstić information content (AvgIpc) is 2.63. The van der Waals surface area contributed by atoms with Crippen LogP contribution in [0.15, 0.2) is 18.2 Å². The Morgan fingerprint density at radius 2 is 2.19 bits per heavy atom. The number of aryl methyl sites for hydroxylation is 1. The number of hydrogen-bond donors (Lipinski definition) is 3. The molecule has 0 radical (unpaired) electrons. The third kappa shape index (κ3) is 1.91. The molecule has 0 bridgehead atoms. The van der Waals surface area contributed by atoms with E-state index in [9.17, 15) is 5.11 Å². The number of fused-ring (bicyclic) bond motifs is 1. The van der Waals surface area contributed by atoms with Gasteiger partial charge in [0, 0.05) is 16.6 Å². The van der Waals surface area contributed by atoms with E-state index >= 15 is 0 Å². The highest BCUT2D eigenvalue weighted by Gasteiger charge is 2.09. The highest BCUT2D eigenvalue weighted by molar-refractivity contribution is 5.86. The van der Waals surface area contributed by atoms with Crippen LogP contribution in [0.5, 0.6) is 5.75 Å². The van der Waals surface area contributed by atoms with Gasteiger partial charge in [0.05, 0.1) is 0 Å². The van der Waals surface area contributed by atoms with Gasteiger partial charge in [0.25, 0.3) is 0 Å². The molecule has 0 atom stereocenters. The van der Waals surface area contributed by atoms with Crippen molar-refractivity contribution in [2.75, 3.05) is 13.6 Å². The van der Waals surface area contributed by atoms with Crippen molar-refractivity contribution in [1.82, 2.24) is 10.3 Å². The summed E-state index contributed by atoms with van der Waals surface area (Å²) in [7, 11) is 1.96. The fourth-order valence-corrected chi connectivity index (χ4v) is 2.13. The number of aromatic hydroxyl groups is 1. The summed E-state index contributed by atoms with van der Waals surface area (Å²) in [5.74, 6) is 0.333. The van der Waals surface area contributed by atoms with Crippen LogP contribution in [0.4, 0.5) is 0 Å². The summed E-state index contributed by atoms with van der Waals surface area (Å²) < 4.78 is 0. The zero-order chi connectivity index (χ0) is 11.5. The summed E-state index contributed by atoms with van der Waals surface area (Å²) in [6.45, 7) is 3.10. The first-order valence-electron chi connectivity index (χ1n) is 5.73. The van der Waals surface area contributed by atoms with Crippen molar-refractivity contribution in [3.63, 3.8) is 0 Å². The number of phenols is 1. The van der Waals surface area contributed by atoms with Crippen LogP contribution >= 0.6 is 0 Å². The van der Waals surface area contributed by atoms with Crippen LogP contribution in [0.1, 0.15) is 18.2 Å². The van der Waals surface area contributed by atoms with E-state index in [-0.39, 0.29) is 0 Å². The Morgan fingerprint density at radius 3 is 2.88 bits per heavy atom. The van der Waals surface area contributed by atoms with E-state index in [2.05, 4.69) is 17.2 Å². The third-order valence-electron chi connectivity index (χ3n) is 2.96. The van der Waals surface area contributed by atoms with Gasteiger partial charge in [-0.25, -0.2) is 0 Å². The molecule has 0 saturated carbocycles. The van der Waals surface area contributed by atoms with Crippen molar-refractivity contribution in [2.24, 2.45) is 0 Å². The molecule has 1 aromatic heterocycles. The lowest BCUT2D eigenvalue weighted by Crippen LogP contribution is -2.11. The minimum absolute atomic E-state index is 0.333. The molecule has 3 heteroatoms. The van der Waals surface area contributed by atoms with Gasteiger partial charge < -0.3 is 15.4 Å². The Morgan fingerprint density at radius 1 is 1.38 bits per heavy atom. The summed E-state index contributed by atoms with van der Waals surface area (Å²) in [6.07, 6.45) is 1.98. The van der Waals surface area contributed by atoms with Crippen LogP contribution in [0.25, 0.3) is 10.9 Å². The molecule has 2 rings (SSSR count). The summed E-state index contributed by atoms with van der Waals surface area (Å²) in [6, 6.07) is 5.50. The van der Waals surface area contributed by atoms with Crippen molar-refractivity contribution >= 4 is 10.9 Å². The smallest absolute Gasteiger partial charge is 0.116 e. The van der Waals surface area contributed by atoms with Crippen molar-refractivity contribution in [1.29, 1.82) is 0 Å². The molecule has 0 amide bonds. The van der Waals surface area contributed by atoms with E-state index in [0.29, 0.717) is 5.75 Å². The van der Waals surface area contributed by atoms with Gasteiger partial charge in [-0.05, 0) is 50.2 Å². The molecule has 0 fully saturated rings. The maximum absolute atomic E-state index is 9.53. The quantitative estimate of drug-likeness (QED) is 0.736. The maximum Gasteiger partial charge on any atom is 0.116 e. The Bertz CT molecular complexity index is 488. The normalized spacial score (nSPS) is 11.1. The van der Waals surface area contributed by atoms with E-state index in [1.807, 2.05) is 19.2 Å². The predicted octanol–water partition coefficient (Wildman–Crippen LogP) is 2.20. The molecule has 3 N–H and O–H groups in total. The fourth-order valence-electron chi connectivity index (χ4n) is 2.13. The largest absolute Gasteiger partial charge is 0.508 e. The monoisotopic (exact) mass is 218 g/mol. The second kappa shape index (κ2) is 4.58. The van der Waals surface area contributed by atoms with Crippen molar-refractivity contribution in [2.45, 2.75) is 19.8 Å². The van der Waals surface area contributed by atoms with Crippen LogP contribution in [0.2, 0.25) is 0 Å². The molecule has 0 spiro atoms. The SMILES string of the molecule is CCc1[nH]c2ccc(O)cc2c1CCNC. The first kappa shape index (κ1) is 11.0. The van der Waals surface area contributed by atoms with Gasteiger partial charge in [0.2, 0.25) is 0 Å². The predicted molar refractivity (Wildman–Crippen MR) is 67.0 cm³/mol. The highest BCUT2D eigenvalue weighted by Crippen LogP contribution is 2.26. The molecule has 0 aliphatic heterocycles. The number of rotatable bonds is 4. The number of likely N-dealkylation sites (N-methyl/N-ethyl adjacent to an activating group) is 1. The second-order valence-electron chi connectivity index (χ2n) is 4.02. The van der Waals surface area contributed by atoms with E-state index in [0.717, 1.165) is 30.3 Å². The van der Waals surface area contributed by atoms with Crippen LogP contribution < -0.4 is 5.32 Å². The zero-order valence-electron chi connectivity index (χ0n) is 9.80. The molecule has 0 aliphatic rings. The minimum Gasteiger partial charge on any atom is -0.508 e. The molecule has 3 nitrogen and oxygen atoms in total. The van der Waals surface area contributed by atoms with Crippen molar-refractivity contribution in [3.8, 4) is 5.75 Å². The van der Waals surface area contributed by atoms with Gasteiger partial charge in [0.15, 0.2) is 0 Å². The molecule has 0 aliphatic carbocycles.